The molecule has 0 saturated heterocycles. The zero-order chi connectivity index (χ0) is 14.9. The van der Waals surface area contributed by atoms with Crippen LogP contribution in [0.2, 0.25) is 5.15 Å². The van der Waals surface area contributed by atoms with Gasteiger partial charge in [-0.05, 0) is 44.9 Å². The zero-order valence-corrected chi connectivity index (χ0v) is 12.9. The summed E-state index contributed by atoms with van der Waals surface area (Å²) in [7, 11) is 0. The van der Waals surface area contributed by atoms with E-state index >= 15 is 0 Å². The Morgan fingerprint density at radius 1 is 1.15 bits per heavy atom. The highest BCUT2D eigenvalue weighted by Crippen LogP contribution is 2.31. The SMILES string of the molecule is CCc1nc(C(C)(C)c2ccc(F)cc2)nc(Cl)c1C. The van der Waals surface area contributed by atoms with Crippen molar-refractivity contribution < 1.29 is 4.39 Å². The molecule has 0 amide bonds. The smallest absolute Gasteiger partial charge is 0.140 e. The quantitative estimate of drug-likeness (QED) is 0.780. The molecule has 1 aromatic heterocycles. The molecule has 1 heterocycles. The van der Waals surface area contributed by atoms with E-state index in [4.69, 9.17) is 11.6 Å². The lowest BCUT2D eigenvalue weighted by Gasteiger charge is -2.25. The molecule has 0 saturated carbocycles. The van der Waals surface area contributed by atoms with Gasteiger partial charge in [0.15, 0.2) is 0 Å². The molecular formula is C16H18ClFN2. The van der Waals surface area contributed by atoms with Gasteiger partial charge < -0.3 is 0 Å². The summed E-state index contributed by atoms with van der Waals surface area (Å²) in [6, 6.07) is 6.43. The minimum atomic E-state index is -0.422. The third-order valence-electron chi connectivity index (χ3n) is 3.65. The Balaban J connectivity index is 2.53. The maximum atomic E-state index is 13.1. The van der Waals surface area contributed by atoms with E-state index in [0.29, 0.717) is 11.0 Å². The van der Waals surface area contributed by atoms with Crippen LogP contribution < -0.4 is 0 Å². The average Bonchev–Trinajstić information content (AvgIpc) is 2.42. The number of hydrogen-bond donors (Lipinski definition) is 0. The van der Waals surface area contributed by atoms with E-state index in [2.05, 4.69) is 9.97 Å². The number of aryl methyl sites for hydroxylation is 1. The van der Waals surface area contributed by atoms with Crippen LogP contribution in [0.15, 0.2) is 24.3 Å². The van der Waals surface area contributed by atoms with Crippen molar-refractivity contribution in [3.8, 4) is 0 Å². The van der Waals surface area contributed by atoms with Gasteiger partial charge in [0.2, 0.25) is 0 Å². The van der Waals surface area contributed by atoms with Crippen LogP contribution in [0.4, 0.5) is 4.39 Å². The third kappa shape index (κ3) is 2.68. The van der Waals surface area contributed by atoms with Gasteiger partial charge in [-0.15, -0.1) is 0 Å². The maximum absolute atomic E-state index is 13.1. The molecular weight excluding hydrogens is 275 g/mol. The third-order valence-corrected chi connectivity index (χ3v) is 4.02. The van der Waals surface area contributed by atoms with Crippen LogP contribution in [0.3, 0.4) is 0 Å². The van der Waals surface area contributed by atoms with Crippen molar-refractivity contribution in [2.45, 2.75) is 39.5 Å². The molecule has 0 fully saturated rings. The fourth-order valence-electron chi connectivity index (χ4n) is 2.15. The summed E-state index contributed by atoms with van der Waals surface area (Å²) in [4.78, 5) is 9.05. The maximum Gasteiger partial charge on any atom is 0.140 e. The fraction of sp³-hybridized carbons (Fsp3) is 0.375. The summed E-state index contributed by atoms with van der Waals surface area (Å²) in [5.74, 6) is 0.415. The van der Waals surface area contributed by atoms with Crippen LogP contribution in [0.5, 0.6) is 0 Å². The van der Waals surface area contributed by atoms with E-state index < -0.39 is 5.41 Å². The Hall–Kier alpha value is -1.48. The molecule has 0 aliphatic rings. The highest BCUT2D eigenvalue weighted by Gasteiger charge is 2.27. The molecule has 0 bridgehead atoms. The predicted octanol–water partition coefficient (Wildman–Crippen LogP) is 4.47. The number of hydrogen-bond acceptors (Lipinski definition) is 2. The lowest BCUT2D eigenvalue weighted by molar-refractivity contribution is 0.578. The van der Waals surface area contributed by atoms with Crippen molar-refractivity contribution in [1.29, 1.82) is 0 Å². The van der Waals surface area contributed by atoms with Crippen molar-refractivity contribution >= 4 is 11.6 Å². The van der Waals surface area contributed by atoms with E-state index in [9.17, 15) is 4.39 Å². The molecule has 1 aromatic carbocycles. The molecule has 2 nitrogen and oxygen atoms in total. The van der Waals surface area contributed by atoms with Crippen molar-refractivity contribution in [3.63, 3.8) is 0 Å². The largest absolute Gasteiger partial charge is 0.237 e. The second-order valence-electron chi connectivity index (χ2n) is 5.40. The van der Waals surface area contributed by atoms with Crippen molar-refractivity contribution in [2.24, 2.45) is 0 Å². The first-order chi connectivity index (χ1) is 9.36. The minimum absolute atomic E-state index is 0.248. The van der Waals surface area contributed by atoms with Gasteiger partial charge in [-0.25, -0.2) is 14.4 Å². The average molecular weight is 293 g/mol. The van der Waals surface area contributed by atoms with Gasteiger partial charge in [0.25, 0.3) is 0 Å². The topological polar surface area (TPSA) is 25.8 Å². The first kappa shape index (κ1) is 14.9. The molecule has 20 heavy (non-hydrogen) atoms. The summed E-state index contributed by atoms with van der Waals surface area (Å²) in [5, 5.41) is 0.488. The molecule has 0 atom stereocenters. The number of aromatic nitrogens is 2. The summed E-state index contributed by atoms with van der Waals surface area (Å²) < 4.78 is 13.1. The molecule has 0 unspecified atom stereocenters. The Morgan fingerprint density at radius 3 is 2.30 bits per heavy atom. The highest BCUT2D eigenvalue weighted by atomic mass is 35.5. The summed E-state index contributed by atoms with van der Waals surface area (Å²) in [6.45, 7) is 8.00. The first-order valence-corrected chi connectivity index (χ1v) is 7.03. The number of nitrogens with zero attached hydrogens (tertiary/aromatic N) is 2. The number of rotatable bonds is 3. The second kappa shape index (κ2) is 5.49. The Bertz CT molecular complexity index is 621. The minimum Gasteiger partial charge on any atom is -0.237 e. The van der Waals surface area contributed by atoms with Crippen LogP contribution in [-0.2, 0) is 11.8 Å². The standard InChI is InChI=1S/C16H18ClFN2/c1-5-13-10(2)14(17)20-15(19-13)16(3,4)11-6-8-12(18)9-7-11/h6-9H,5H2,1-4H3. The molecule has 2 aromatic rings. The van der Waals surface area contributed by atoms with E-state index in [0.717, 1.165) is 23.2 Å². The molecule has 2 rings (SSSR count). The summed E-state index contributed by atoms with van der Waals surface area (Å²) in [6.07, 6.45) is 0.806. The molecule has 0 aliphatic carbocycles. The van der Waals surface area contributed by atoms with Crippen molar-refractivity contribution in [2.75, 3.05) is 0 Å². The Morgan fingerprint density at radius 2 is 1.75 bits per heavy atom. The number of benzene rings is 1. The van der Waals surface area contributed by atoms with E-state index in [-0.39, 0.29) is 5.82 Å². The van der Waals surface area contributed by atoms with E-state index in [1.54, 1.807) is 12.1 Å². The fourth-order valence-corrected chi connectivity index (χ4v) is 2.34. The summed E-state index contributed by atoms with van der Waals surface area (Å²) in [5.41, 5.74) is 2.42. The summed E-state index contributed by atoms with van der Waals surface area (Å²) >= 11 is 6.21. The van der Waals surface area contributed by atoms with Crippen LogP contribution in [0, 0.1) is 12.7 Å². The van der Waals surface area contributed by atoms with E-state index in [1.165, 1.54) is 12.1 Å². The van der Waals surface area contributed by atoms with Crippen molar-refractivity contribution in [3.05, 3.63) is 57.9 Å². The monoisotopic (exact) mass is 292 g/mol. The van der Waals surface area contributed by atoms with Gasteiger partial charge in [-0.1, -0.05) is 30.7 Å². The number of halogens is 2. The Labute approximate surface area is 124 Å². The second-order valence-corrected chi connectivity index (χ2v) is 5.75. The first-order valence-electron chi connectivity index (χ1n) is 6.65. The van der Waals surface area contributed by atoms with Crippen LogP contribution in [0.1, 0.15) is 43.4 Å². The molecule has 4 heteroatoms. The molecule has 0 spiro atoms. The van der Waals surface area contributed by atoms with Gasteiger partial charge in [0.05, 0.1) is 0 Å². The van der Waals surface area contributed by atoms with Gasteiger partial charge in [0.1, 0.15) is 16.8 Å². The predicted molar refractivity (Wildman–Crippen MR) is 79.7 cm³/mol. The van der Waals surface area contributed by atoms with Crippen LogP contribution >= 0.6 is 11.6 Å². The normalized spacial score (nSPS) is 11.7. The molecule has 0 radical (unpaired) electrons. The van der Waals surface area contributed by atoms with Crippen LogP contribution in [-0.4, -0.2) is 9.97 Å². The van der Waals surface area contributed by atoms with Crippen LogP contribution in [0.25, 0.3) is 0 Å². The molecule has 106 valence electrons. The van der Waals surface area contributed by atoms with Crippen molar-refractivity contribution in [1.82, 2.24) is 9.97 Å². The van der Waals surface area contributed by atoms with Gasteiger partial charge in [-0.2, -0.15) is 0 Å². The molecule has 0 aliphatic heterocycles. The van der Waals surface area contributed by atoms with Gasteiger partial charge in [0, 0.05) is 16.7 Å². The van der Waals surface area contributed by atoms with Gasteiger partial charge in [-0.3, -0.25) is 0 Å². The highest BCUT2D eigenvalue weighted by molar-refractivity contribution is 6.30. The van der Waals surface area contributed by atoms with Gasteiger partial charge >= 0.3 is 0 Å². The lowest BCUT2D eigenvalue weighted by Crippen LogP contribution is -2.23. The molecule has 0 N–H and O–H groups in total. The van der Waals surface area contributed by atoms with E-state index in [1.807, 2.05) is 27.7 Å². The lowest BCUT2D eigenvalue weighted by atomic mass is 9.83. The zero-order valence-electron chi connectivity index (χ0n) is 12.2. The Kier molecular flexibility index (Phi) is 4.09.